The number of thiazole rings is 1. The van der Waals surface area contributed by atoms with Crippen LogP contribution in [0, 0.1) is 0 Å². The Kier molecular flexibility index (Phi) is 4.64. The molecule has 0 atom stereocenters. The highest BCUT2D eigenvalue weighted by Gasteiger charge is 2.14. The predicted octanol–water partition coefficient (Wildman–Crippen LogP) is 8.39. The van der Waals surface area contributed by atoms with Crippen molar-refractivity contribution >= 4 is 43.2 Å². The van der Waals surface area contributed by atoms with E-state index in [0.717, 1.165) is 55.0 Å². The largest absolute Gasteiger partial charge is 0.236 e. The number of rotatable bonds is 3. The summed E-state index contributed by atoms with van der Waals surface area (Å²) in [5, 5.41) is 4.39. The molecule has 0 unspecified atom stereocenters. The molecule has 3 nitrogen and oxygen atoms in total. The van der Waals surface area contributed by atoms with E-state index in [1.165, 1.54) is 10.1 Å². The van der Waals surface area contributed by atoms with Gasteiger partial charge in [0, 0.05) is 27.5 Å². The number of aromatic nitrogens is 3. The molecule has 164 valence electrons. The Bertz CT molecular complexity index is 1800. The molecule has 0 N–H and O–H groups in total. The summed E-state index contributed by atoms with van der Waals surface area (Å²) < 4.78 is 1.20. The fourth-order valence-corrected chi connectivity index (χ4v) is 5.54. The van der Waals surface area contributed by atoms with Gasteiger partial charge in [-0.2, -0.15) is 0 Å². The summed E-state index contributed by atoms with van der Waals surface area (Å²) in [6, 6.07) is 39.7. The van der Waals surface area contributed by atoms with E-state index >= 15 is 0 Å². The van der Waals surface area contributed by atoms with Gasteiger partial charge < -0.3 is 0 Å². The number of hydrogen-bond donors (Lipinski definition) is 0. The second kappa shape index (κ2) is 8.12. The lowest BCUT2D eigenvalue weighted by atomic mass is 10.0. The lowest BCUT2D eigenvalue weighted by molar-refractivity contribution is 1.23. The predicted molar refractivity (Wildman–Crippen MR) is 147 cm³/mol. The number of para-hydroxylation sites is 1. The summed E-state index contributed by atoms with van der Waals surface area (Å²) in [4.78, 5) is 14.9. The summed E-state index contributed by atoms with van der Waals surface area (Å²) >= 11 is 1.72. The third kappa shape index (κ3) is 3.47. The maximum atomic E-state index is 5.06. The Morgan fingerprint density at radius 1 is 0.486 bits per heavy atom. The molecule has 4 heteroatoms. The maximum Gasteiger partial charge on any atom is 0.160 e. The standard InChI is InChI=1S/C31H19N3S/c1-2-9-22(10-3-1)30-33-28(25-19-18-20-8-4-5-11-24(20)29(25)34-30)21-14-16-23(17-15-21)31-32-26-12-6-7-13-27(26)35-31/h1-19H. The number of nitrogens with zero attached hydrogens (tertiary/aromatic N) is 3. The van der Waals surface area contributed by atoms with Crippen LogP contribution in [0.4, 0.5) is 0 Å². The van der Waals surface area contributed by atoms with Crippen LogP contribution in [0.5, 0.6) is 0 Å². The average molecular weight is 466 g/mol. The molecule has 0 aliphatic rings. The van der Waals surface area contributed by atoms with Gasteiger partial charge >= 0.3 is 0 Å². The quantitative estimate of drug-likeness (QED) is 0.246. The Morgan fingerprint density at radius 2 is 1.23 bits per heavy atom. The van der Waals surface area contributed by atoms with Crippen molar-refractivity contribution in [3.63, 3.8) is 0 Å². The first-order chi connectivity index (χ1) is 17.3. The Labute approximate surface area is 206 Å². The fraction of sp³-hybridized carbons (Fsp3) is 0. The van der Waals surface area contributed by atoms with Gasteiger partial charge in [0.25, 0.3) is 0 Å². The smallest absolute Gasteiger partial charge is 0.160 e. The van der Waals surface area contributed by atoms with Crippen molar-refractivity contribution in [1.82, 2.24) is 15.0 Å². The molecule has 0 saturated heterocycles. The number of hydrogen-bond acceptors (Lipinski definition) is 4. The molecule has 0 radical (unpaired) electrons. The van der Waals surface area contributed by atoms with E-state index < -0.39 is 0 Å². The zero-order valence-corrected chi connectivity index (χ0v) is 19.5. The minimum absolute atomic E-state index is 0.736. The Morgan fingerprint density at radius 3 is 2.09 bits per heavy atom. The average Bonchev–Trinajstić information content (AvgIpc) is 3.37. The third-order valence-electron chi connectivity index (χ3n) is 6.32. The van der Waals surface area contributed by atoms with Crippen molar-refractivity contribution in [2.45, 2.75) is 0 Å². The van der Waals surface area contributed by atoms with Gasteiger partial charge in [-0.15, -0.1) is 11.3 Å². The monoisotopic (exact) mass is 465 g/mol. The molecule has 0 spiro atoms. The minimum Gasteiger partial charge on any atom is -0.236 e. The highest BCUT2D eigenvalue weighted by Crippen LogP contribution is 2.35. The Hall–Kier alpha value is -4.41. The van der Waals surface area contributed by atoms with Gasteiger partial charge in [0.05, 0.1) is 21.4 Å². The van der Waals surface area contributed by atoms with Crippen molar-refractivity contribution in [1.29, 1.82) is 0 Å². The van der Waals surface area contributed by atoms with Crippen LogP contribution >= 0.6 is 11.3 Å². The van der Waals surface area contributed by atoms with E-state index in [1.54, 1.807) is 11.3 Å². The van der Waals surface area contributed by atoms with E-state index in [1.807, 2.05) is 24.3 Å². The van der Waals surface area contributed by atoms with Crippen LogP contribution in [-0.4, -0.2) is 15.0 Å². The summed E-state index contributed by atoms with van der Waals surface area (Å²) in [6.45, 7) is 0. The van der Waals surface area contributed by atoms with Crippen molar-refractivity contribution < 1.29 is 0 Å². The molecular weight excluding hydrogens is 446 g/mol. The van der Waals surface area contributed by atoms with Crippen molar-refractivity contribution in [3.8, 4) is 33.2 Å². The first-order valence-corrected chi connectivity index (χ1v) is 12.4. The van der Waals surface area contributed by atoms with Gasteiger partial charge in [0.15, 0.2) is 5.82 Å². The van der Waals surface area contributed by atoms with Crippen LogP contribution in [0.15, 0.2) is 115 Å². The molecule has 0 saturated carbocycles. The molecule has 0 amide bonds. The molecular formula is C31H19N3S. The summed E-state index contributed by atoms with van der Waals surface area (Å²) in [5.41, 5.74) is 6.14. The number of fused-ring (bicyclic) bond motifs is 4. The Balaban J connectivity index is 1.42. The van der Waals surface area contributed by atoms with Crippen molar-refractivity contribution in [3.05, 3.63) is 115 Å². The molecule has 2 heterocycles. The van der Waals surface area contributed by atoms with Crippen LogP contribution in [-0.2, 0) is 0 Å². The van der Waals surface area contributed by atoms with Gasteiger partial charge in [0.2, 0.25) is 0 Å². The van der Waals surface area contributed by atoms with E-state index in [2.05, 4.69) is 91.0 Å². The van der Waals surface area contributed by atoms with E-state index in [-0.39, 0.29) is 0 Å². The summed E-state index contributed by atoms with van der Waals surface area (Å²) in [7, 11) is 0. The molecule has 5 aromatic carbocycles. The normalized spacial score (nSPS) is 11.4. The maximum absolute atomic E-state index is 5.06. The highest BCUT2D eigenvalue weighted by atomic mass is 32.1. The minimum atomic E-state index is 0.736. The lowest BCUT2D eigenvalue weighted by Crippen LogP contribution is -1.96. The van der Waals surface area contributed by atoms with Crippen LogP contribution in [0.25, 0.3) is 65.1 Å². The van der Waals surface area contributed by atoms with E-state index in [4.69, 9.17) is 15.0 Å². The summed E-state index contributed by atoms with van der Waals surface area (Å²) in [5.74, 6) is 0.736. The zero-order chi connectivity index (χ0) is 23.2. The third-order valence-corrected chi connectivity index (χ3v) is 7.41. The molecule has 2 aromatic heterocycles. The van der Waals surface area contributed by atoms with Gasteiger partial charge in [-0.25, -0.2) is 15.0 Å². The van der Waals surface area contributed by atoms with E-state index in [0.29, 0.717) is 0 Å². The SMILES string of the molecule is c1ccc(-c2nc(-c3ccc(-c4nc5ccccc5s4)cc3)c3ccc4ccccc4c3n2)cc1. The van der Waals surface area contributed by atoms with Gasteiger partial charge in [-0.1, -0.05) is 97.1 Å². The van der Waals surface area contributed by atoms with E-state index in [9.17, 15) is 0 Å². The zero-order valence-electron chi connectivity index (χ0n) is 18.7. The van der Waals surface area contributed by atoms with Crippen LogP contribution < -0.4 is 0 Å². The van der Waals surface area contributed by atoms with Crippen LogP contribution in [0.1, 0.15) is 0 Å². The number of benzene rings is 5. The first-order valence-electron chi connectivity index (χ1n) is 11.5. The highest BCUT2D eigenvalue weighted by molar-refractivity contribution is 7.21. The van der Waals surface area contributed by atoms with Gasteiger partial charge in [-0.3, -0.25) is 0 Å². The lowest BCUT2D eigenvalue weighted by Gasteiger charge is -2.12. The molecule has 7 aromatic rings. The molecule has 7 rings (SSSR count). The first kappa shape index (κ1) is 20.0. The topological polar surface area (TPSA) is 38.7 Å². The molecule has 0 fully saturated rings. The van der Waals surface area contributed by atoms with Crippen LogP contribution in [0.2, 0.25) is 0 Å². The molecule has 0 bridgehead atoms. The van der Waals surface area contributed by atoms with Gasteiger partial charge in [0.1, 0.15) is 5.01 Å². The second-order valence-electron chi connectivity index (χ2n) is 8.51. The second-order valence-corrected chi connectivity index (χ2v) is 9.54. The summed E-state index contributed by atoms with van der Waals surface area (Å²) in [6.07, 6.45) is 0. The molecule has 35 heavy (non-hydrogen) atoms. The van der Waals surface area contributed by atoms with Crippen LogP contribution in [0.3, 0.4) is 0 Å². The molecule has 0 aliphatic carbocycles. The van der Waals surface area contributed by atoms with Crippen molar-refractivity contribution in [2.75, 3.05) is 0 Å². The van der Waals surface area contributed by atoms with Crippen molar-refractivity contribution in [2.24, 2.45) is 0 Å². The molecule has 0 aliphatic heterocycles. The fourth-order valence-electron chi connectivity index (χ4n) is 4.57. The van der Waals surface area contributed by atoms with Gasteiger partial charge in [-0.05, 0) is 23.6 Å².